The molecule has 0 aliphatic rings. The van der Waals surface area contributed by atoms with Gasteiger partial charge in [0.1, 0.15) is 10.1 Å². The Balaban J connectivity index is 0.00000312. The van der Waals surface area contributed by atoms with Gasteiger partial charge in [0, 0.05) is 0 Å². The summed E-state index contributed by atoms with van der Waals surface area (Å²) in [7, 11) is -4.47. The Bertz CT molecular complexity index is 785. The monoisotopic (exact) mass is 386 g/mol. The van der Waals surface area contributed by atoms with Crippen LogP contribution < -0.4 is 51.4 Å². The molecule has 0 amide bonds. The maximum atomic E-state index is 11.7. The molecule has 25 heavy (non-hydrogen) atoms. The third-order valence-electron chi connectivity index (χ3n) is 4.50. The summed E-state index contributed by atoms with van der Waals surface area (Å²) in [5, 5.41) is 1.50. The summed E-state index contributed by atoms with van der Waals surface area (Å²) in [5.74, 6) is 0. The average Bonchev–Trinajstić information content (AvgIpc) is 2.54. The first-order valence-electron chi connectivity index (χ1n) is 8.97. The largest absolute Gasteiger partial charge is 1.00 e. The van der Waals surface area contributed by atoms with Gasteiger partial charge in [-0.15, -0.1) is 0 Å². The summed E-state index contributed by atoms with van der Waals surface area (Å²) in [6.45, 7) is 4.30. The number of hydrogen-bond donors (Lipinski definition) is 0. The minimum atomic E-state index is -4.47. The molecule has 3 nitrogen and oxygen atoms in total. The van der Waals surface area contributed by atoms with Gasteiger partial charge in [-0.3, -0.25) is 0 Å². The van der Waals surface area contributed by atoms with Crippen molar-refractivity contribution in [3.05, 3.63) is 41.5 Å². The first-order chi connectivity index (χ1) is 11.5. The smallest absolute Gasteiger partial charge is 0.744 e. The normalized spacial score (nSPS) is 11.5. The molecule has 2 rings (SSSR count). The fourth-order valence-corrected chi connectivity index (χ4v) is 3.93. The second-order valence-corrected chi connectivity index (χ2v) is 7.82. The van der Waals surface area contributed by atoms with Crippen LogP contribution in [0.4, 0.5) is 0 Å². The number of benzene rings is 2. The Hall–Kier alpha value is 0.246. The van der Waals surface area contributed by atoms with Crippen LogP contribution in [0.25, 0.3) is 10.8 Å². The van der Waals surface area contributed by atoms with Crippen molar-refractivity contribution in [2.75, 3.05) is 0 Å². The van der Waals surface area contributed by atoms with Gasteiger partial charge in [-0.25, -0.2) is 8.42 Å². The predicted octanol–water partition coefficient (Wildman–Crippen LogP) is 2.21. The summed E-state index contributed by atoms with van der Waals surface area (Å²) < 4.78 is 35.2. The van der Waals surface area contributed by atoms with E-state index in [-0.39, 0.29) is 56.3 Å². The summed E-state index contributed by atoms with van der Waals surface area (Å²) >= 11 is 0. The molecule has 0 aliphatic heterocycles. The number of fused-ring (bicyclic) bond motifs is 1. The van der Waals surface area contributed by atoms with E-state index in [1.807, 2.05) is 6.07 Å². The molecule has 2 aromatic carbocycles. The quantitative estimate of drug-likeness (QED) is 0.377. The Kier molecular flexibility index (Phi) is 10.4. The number of aryl methyl sites for hydroxylation is 2. The average molecular weight is 387 g/mol. The van der Waals surface area contributed by atoms with Crippen molar-refractivity contribution in [1.29, 1.82) is 0 Å². The Morgan fingerprint density at radius 1 is 0.880 bits per heavy atom. The maximum absolute atomic E-state index is 11.7. The van der Waals surface area contributed by atoms with Gasteiger partial charge in [0.2, 0.25) is 0 Å². The summed E-state index contributed by atoms with van der Waals surface area (Å²) in [4.78, 5) is -0.0659. The van der Waals surface area contributed by atoms with E-state index in [0.29, 0.717) is 5.39 Å². The van der Waals surface area contributed by atoms with E-state index in [1.165, 1.54) is 0 Å². The van der Waals surface area contributed by atoms with Crippen LogP contribution >= 0.6 is 0 Å². The molecule has 0 saturated carbocycles. The van der Waals surface area contributed by atoms with Crippen LogP contribution in [0.1, 0.15) is 63.5 Å². The van der Waals surface area contributed by atoms with Gasteiger partial charge in [0.05, 0.1) is 4.90 Å². The van der Waals surface area contributed by atoms with E-state index in [0.717, 1.165) is 67.9 Å². The predicted molar refractivity (Wildman–Crippen MR) is 98.4 cm³/mol. The second-order valence-electron chi connectivity index (χ2n) is 6.47. The zero-order valence-corrected chi connectivity index (χ0v) is 19.6. The van der Waals surface area contributed by atoms with Crippen molar-refractivity contribution in [2.24, 2.45) is 0 Å². The van der Waals surface area contributed by atoms with E-state index >= 15 is 0 Å². The van der Waals surface area contributed by atoms with Crippen molar-refractivity contribution in [3.63, 3.8) is 0 Å². The molecule has 5 heteroatoms. The van der Waals surface area contributed by atoms with Gasteiger partial charge in [0.15, 0.2) is 0 Å². The molecule has 0 aliphatic carbocycles. The molecular weight excluding hydrogens is 359 g/mol. The molecule has 0 unspecified atom stereocenters. The molecule has 0 bridgehead atoms. The Labute approximate surface area is 194 Å². The van der Waals surface area contributed by atoms with Crippen molar-refractivity contribution < 1.29 is 64.4 Å². The fourth-order valence-electron chi connectivity index (χ4n) is 3.19. The molecule has 0 spiro atoms. The Morgan fingerprint density at radius 3 is 2.12 bits per heavy atom. The van der Waals surface area contributed by atoms with Gasteiger partial charge < -0.3 is 4.55 Å². The van der Waals surface area contributed by atoms with Crippen molar-refractivity contribution in [1.82, 2.24) is 0 Å². The molecule has 132 valence electrons. The minimum absolute atomic E-state index is 0. The summed E-state index contributed by atoms with van der Waals surface area (Å²) in [6, 6.07) is 9.32. The van der Waals surface area contributed by atoms with Crippen molar-refractivity contribution in [2.45, 2.75) is 70.1 Å². The van der Waals surface area contributed by atoms with E-state index in [9.17, 15) is 13.0 Å². The minimum Gasteiger partial charge on any atom is -0.744 e. The number of hydrogen-bond acceptors (Lipinski definition) is 3. The van der Waals surface area contributed by atoms with Crippen LogP contribution in [0.3, 0.4) is 0 Å². The molecule has 0 fully saturated rings. The topological polar surface area (TPSA) is 57.2 Å². The zero-order chi connectivity index (χ0) is 17.6. The molecule has 0 aromatic heterocycles. The summed E-state index contributed by atoms with van der Waals surface area (Å²) in [5.41, 5.74) is 2.09. The van der Waals surface area contributed by atoms with Gasteiger partial charge in [0.25, 0.3) is 0 Å². The van der Waals surface area contributed by atoms with Crippen LogP contribution in [-0.4, -0.2) is 13.0 Å². The van der Waals surface area contributed by atoms with Crippen molar-refractivity contribution >= 4 is 20.9 Å². The third-order valence-corrected chi connectivity index (χ3v) is 5.37. The Morgan fingerprint density at radius 2 is 1.52 bits per heavy atom. The van der Waals surface area contributed by atoms with E-state index in [4.69, 9.17) is 0 Å². The van der Waals surface area contributed by atoms with Gasteiger partial charge in [-0.1, -0.05) is 63.8 Å². The fraction of sp³-hybridized carbons (Fsp3) is 0.500. The standard InChI is InChI=1S/C20H28O3S.K/c1-3-5-7-10-16-14-19-17(11-8-6-4-2)12-9-13-18(19)20(15-16)24(21,22)23;/h9,12-15H,3-8,10-11H2,1-2H3,(H,21,22,23);/q;+1/p-1. The van der Waals surface area contributed by atoms with E-state index in [2.05, 4.69) is 26.0 Å². The van der Waals surface area contributed by atoms with Gasteiger partial charge in [-0.05, 0) is 53.6 Å². The van der Waals surface area contributed by atoms with Crippen LogP contribution in [0.15, 0.2) is 35.2 Å². The van der Waals surface area contributed by atoms with Gasteiger partial charge in [-0.2, -0.15) is 0 Å². The summed E-state index contributed by atoms with van der Waals surface area (Å²) in [6.07, 6.45) is 8.34. The van der Waals surface area contributed by atoms with Crippen LogP contribution in [0, 0.1) is 0 Å². The first-order valence-corrected chi connectivity index (χ1v) is 10.4. The maximum Gasteiger partial charge on any atom is 1.00 e. The van der Waals surface area contributed by atoms with E-state index in [1.54, 1.807) is 12.1 Å². The third kappa shape index (κ3) is 6.72. The first kappa shape index (κ1) is 23.3. The zero-order valence-electron chi connectivity index (χ0n) is 15.7. The van der Waals surface area contributed by atoms with Crippen LogP contribution in [0.2, 0.25) is 0 Å². The van der Waals surface area contributed by atoms with Gasteiger partial charge >= 0.3 is 51.4 Å². The van der Waals surface area contributed by atoms with Crippen LogP contribution in [0.5, 0.6) is 0 Å². The SMILES string of the molecule is CCCCCc1cc(S(=O)(=O)[O-])c2cccc(CCCCC)c2c1.[K+]. The molecule has 0 radical (unpaired) electrons. The molecule has 0 saturated heterocycles. The van der Waals surface area contributed by atoms with Crippen molar-refractivity contribution in [3.8, 4) is 0 Å². The molecule has 0 N–H and O–H groups in total. The molecular formula is C20H27KO3S. The molecule has 2 aromatic rings. The molecule has 0 heterocycles. The van der Waals surface area contributed by atoms with Crippen LogP contribution in [-0.2, 0) is 23.0 Å². The number of rotatable bonds is 9. The number of unbranched alkanes of at least 4 members (excludes halogenated alkanes) is 4. The molecule has 0 atom stereocenters. The van der Waals surface area contributed by atoms with E-state index < -0.39 is 10.1 Å². The second kappa shape index (κ2) is 11.2.